The predicted molar refractivity (Wildman–Crippen MR) is 115 cm³/mol. The van der Waals surface area contributed by atoms with Gasteiger partial charge in [0.05, 0.1) is 5.92 Å². The Morgan fingerprint density at radius 1 is 0.862 bits per heavy atom. The van der Waals surface area contributed by atoms with Crippen LogP contribution in [0.1, 0.15) is 48.3 Å². The van der Waals surface area contributed by atoms with Crippen LogP contribution >= 0.6 is 0 Å². The van der Waals surface area contributed by atoms with E-state index in [1.54, 1.807) is 0 Å². The van der Waals surface area contributed by atoms with Crippen LogP contribution in [0.4, 0.5) is 0 Å². The number of rotatable bonds is 5. The van der Waals surface area contributed by atoms with Crippen LogP contribution in [0.3, 0.4) is 0 Å². The van der Waals surface area contributed by atoms with Gasteiger partial charge in [-0.25, -0.2) is 0 Å². The van der Waals surface area contributed by atoms with E-state index in [9.17, 15) is 9.59 Å². The van der Waals surface area contributed by atoms with Gasteiger partial charge < -0.3 is 9.80 Å². The van der Waals surface area contributed by atoms with Crippen molar-refractivity contribution in [2.24, 2.45) is 0 Å². The Kier molecular flexibility index (Phi) is 6.28. The van der Waals surface area contributed by atoms with Crippen molar-refractivity contribution in [1.29, 1.82) is 0 Å². The van der Waals surface area contributed by atoms with E-state index < -0.39 is 0 Å². The van der Waals surface area contributed by atoms with Crippen LogP contribution < -0.4 is 0 Å². The average molecular weight is 391 g/mol. The minimum atomic E-state index is -0.00641. The third kappa shape index (κ3) is 4.69. The van der Waals surface area contributed by atoms with Gasteiger partial charge in [-0.2, -0.15) is 0 Å². The van der Waals surface area contributed by atoms with Crippen molar-refractivity contribution in [3.63, 3.8) is 0 Å². The van der Waals surface area contributed by atoms with Crippen molar-refractivity contribution >= 4 is 11.8 Å². The van der Waals surface area contributed by atoms with Gasteiger partial charge in [0.1, 0.15) is 0 Å². The van der Waals surface area contributed by atoms with Gasteiger partial charge >= 0.3 is 0 Å². The predicted octanol–water partition coefficient (Wildman–Crippen LogP) is 3.80. The van der Waals surface area contributed by atoms with Crippen molar-refractivity contribution in [1.82, 2.24) is 9.80 Å². The molecule has 1 aliphatic heterocycles. The number of aryl methyl sites for hydroxylation is 2. The molecule has 1 atom stereocenters. The molecule has 2 aromatic carbocycles. The molecule has 2 aliphatic rings. The zero-order chi connectivity index (χ0) is 20.1. The molecule has 0 spiro atoms. The number of fused-ring (bicyclic) bond motifs is 1. The van der Waals surface area contributed by atoms with Crippen molar-refractivity contribution in [2.45, 2.75) is 44.4 Å². The first kappa shape index (κ1) is 19.7. The van der Waals surface area contributed by atoms with Gasteiger partial charge in [-0.1, -0.05) is 54.6 Å². The number of carbonyl (C=O) groups is 2. The molecule has 4 rings (SSSR count). The van der Waals surface area contributed by atoms with Gasteiger partial charge in [0, 0.05) is 32.6 Å². The molecular weight excluding hydrogens is 360 g/mol. The third-order valence-corrected chi connectivity index (χ3v) is 6.31. The van der Waals surface area contributed by atoms with E-state index in [1.807, 2.05) is 34.1 Å². The number of nitrogens with zero attached hydrogens (tertiary/aromatic N) is 2. The molecule has 152 valence electrons. The van der Waals surface area contributed by atoms with Crippen molar-refractivity contribution < 1.29 is 9.59 Å². The Balaban J connectivity index is 1.26. The first-order chi connectivity index (χ1) is 14.2. The monoisotopic (exact) mass is 390 g/mol. The Hall–Kier alpha value is -2.62. The highest BCUT2D eigenvalue weighted by Crippen LogP contribution is 2.33. The molecule has 0 bridgehead atoms. The fourth-order valence-corrected chi connectivity index (χ4v) is 4.65. The van der Waals surface area contributed by atoms with Crippen molar-refractivity contribution in [3.05, 3.63) is 71.3 Å². The molecule has 0 radical (unpaired) electrons. The molecule has 29 heavy (non-hydrogen) atoms. The standard InChI is InChI=1S/C25H30N2O2/c28-24(15-6-10-20-8-2-1-3-9-20)26-16-18-27(19-17-26)25(29)23-14-7-12-21-11-4-5-13-22(21)23/h1-5,8-9,11,13,23H,6-7,10,12,14-19H2. The quantitative estimate of drug-likeness (QED) is 0.779. The lowest BCUT2D eigenvalue weighted by Crippen LogP contribution is -2.51. The molecule has 0 saturated carbocycles. The van der Waals surface area contributed by atoms with Gasteiger partial charge in [-0.3, -0.25) is 9.59 Å². The second-order valence-corrected chi connectivity index (χ2v) is 8.19. The number of amides is 2. The number of hydrogen-bond donors (Lipinski definition) is 0. The number of hydrogen-bond acceptors (Lipinski definition) is 2. The number of piperazine rings is 1. The highest BCUT2D eigenvalue weighted by atomic mass is 16.2. The molecule has 1 heterocycles. The topological polar surface area (TPSA) is 40.6 Å². The zero-order valence-electron chi connectivity index (χ0n) is 17.1. The van der Waals surface area contributed by atoms with E-state index >= 15 is 0 Å². The molecule has 1 fully saturated rings. The van der Waals surface area contributed by atoms with Crippen LogP contribution in [-0.2, 0) is 22.4 Å². The van der Waals surface area contributed by atoms with Crippen LogP contribution in [0, 0.1) is 0 Å². The van der Waals surface area contributed by atoms with Crippen LogP contribution in [0.5, 0.6) is 0 Å². The molecule has 0 N–H and O–H groups in total. The Labute approximate surface area is 173 Å². The summed E-state index contributed by atoms with van der Waals surface area (Å²) in [4.78, 5) is 29.6. The highest BCUT2D eigenvalue weighted by molar-refractivity contribution is 5.85. The first-order valence-electron chi connectivity index (χ1n) is 10.9. The van der Waals surface area contributed by atoms with E-state index in [2.05, 4.69) is 30.3 Å². The molecule has 1 aliphatic carbocycles. The molecule has 4 heteroatoms. The number of benzene rings is 2. The second-order valence-electron chi connectivity index (χ2n) is 8.19. The minimum absolute atomic E-state index is 0.00641. The largest absolute Gasteiger partial charge is 0.339 e. The van der Waals surface area contributed by atoms with E-state index in [0.717, 1.165) is 32.1 Å². The highest BCUT2D eigenvalue weighted by Gasteiger charge is 2.32. The Bertz CT molecular complexity index is 841. The van der Waals surface area contributed by atoms with Gasteiger partial charge in [0.2, 0.25) is 11.8 Å². The second kappa shape index (κ2) is 9.25. The Morgan fingerprint density at radius 3 is 2.34 bits per heavy atom. The average Bonchev–Trinajstić information content (AvgIpc) is 2.79. The maximum atomic E-state index is 13.1. The van der Waals surface area contributed by atoms with Gasteiger partial charge in [0.15, 0.2) is 0 Å². The SMILES string of the molecule is O=C(CCCc1ccccc1)N1CCN(C(=O)C2CCCc3ccccc32)CC1. The van der Waals surface area contributed by atoms with Gasteiger partial charge in [0.25, 0.3) is 0 Å². The van der Waals surface area contributed by atoms with Gasteiger partial charge in [-0.15, -0.1) is 0 Å². The fraction of sp³-hybridized carbons (Fsp3) is 0.440. The summed E-state index contributed by atoms with van der Waals surface area (Å²) in [6.07, 6.45) is 5.48. The van der Waals surface area contributed by atoms with Crippen molar-refractivity contribution in [3.8, 4) is 0 Å². The minimum Gasteiger partial charge on any atom is -0.339 e. The van der Waals surface area contributed by atoms with E-state index in [0.29, 0.717) is 32.6 Å². The third-order valence-electron chi connectivity index (χ3n) is 6.31. The molecule has 1 saturated heterocycles. The summed E-state index contributed by atoms with van der Waals surface area (Å²) in [5.74, 6) is 0.456. The molecule has 4 nitrogen and oxygen atoms in total. The summed E-state index contributed by atoms with van der Waals surface area (Å²) >= 11 is 0. The van der Waals surface area contributed by atoms with Crippen LogP contribution in [-0.4, -0.2) is 47.8 Å². The number of carbonyl (C=O) groups excluding carboxylic acids is 2. The van der Waals surface area contributed by atoms with Gasteiger partial charge in [-0.05, 0) is 48.8 Å². The van der Waals surface area contributed by atoms with E-state index in [1.165, 1.54) is 16.7 Å². The lowest BCUT2D eigenvalue weighted by Gasteiger charge is -2.37. The zero-order valence-corrected chi connectivity index (χ0v) is 17.1. The maximum absolute atomic E-state index is 13.1. The summed E-state index contributed by atoms with van der Waals surface area (Å²) in [6, 6.07) is 18.7. The van der Waals surface area contributed by atoms with Crippen LogP contribution in [0.15, 0.2) is 54.6 Å². The maximum Gasteiger partial charge on any atom is 0.230 e. The van der Waals surface area contributed by atoms with Crippen LogP contribution in [0.25, 0.3) is 0 Å². The van der Waals surface area contributed by atoms with E-state index in [4.69, 9.17) is 0 Å². The molecule has 2 aromatic rings. The smallest absolute Gasteiger partial charge is 0.230 e. The summed E-state index contributed by atoms with van der Waals surface area (Å²) in [6.45, 7) is 2.62. The molecule has 0 aromatic heterocycles. The summed E-state index contributed by atoms with van der Waals surface area (Å²) in [5, 5.41) is 0. The lowest BCUT2D eigenvalue weighted by atomic mass is 9.82. The van der Waals surface area contributed by atoms with Crippen molar-refractivity contribution in [2.75, 3.05) is 26.2 Å². The summed E-state index contributed by atoms with van der Waals surface area (Å²) in [7, 11) is 0. The Morgan fingerprint density at radius 2 is 1.55 bits per heavy atom. The molecule has 1 unspecified atom stereocenters. The lowest BCUT2D eigenvalue weighted by molar-refractivity contribution is -0.140. The molecule has 2 amide bonds. The fourth-order valence-electron chi connectivity index (χ4n) is 4.65. The summed E-state index contributed by atoms with van der Waals surface area (Å²) < 4.78 is 0. The summed E-state index contributed by atoms with van der Waals surface area (Å²) in [5.41, 5.74) is 3.82. The normalized spacial score (nSPS) is 19.0. The first-order valence-corrected chi connectivity index (χ1v) is 10.9. The van der Waals surface area contributed by atoms with E-state index in [-0.39, 0.29) is 17.7 Å². The molecular formula is C25H30N2O2. The van der Waals surface area contributed by atoms with Crippen LogP contribution in [0.2, 0.25) is 0 Å².